The molecule has 2 aromatic rings. The Morgan fingerprint density at radius 2 is 1.61 bits per heavy atom. The van der Waals surface area contributed by atoms with Crippen LogP contribution < -0.4 is 20.5 Å². The summed E-state index contributed by atoms with van der Waals surface area (Å²) in [6.07, 6.45) is 0. The Balaban J connectivity index is 0.00000132. The molecule has 0 spiro atoms. The zero-order chi connectivity index (χ0) is 14.9. The van der Waals surface area contributed by atoms with Crippen molar-refractivity contribution in [2.45, 2.75) is 4.90 Å². The molecule has 0 fully saturated rings. The lowest BCUT2D eigenvalue weighted by molar-refractivity contribution is 0.481. The topological polar surface area (TPSA) is 93.5 Å². The predicted molar refractivity (Wildman–Crippen MR) is 95.5 cm³/mol. The molecule has 0 saturated heterocycles. The van der Waals surface area contributed by atoms with Crippen LogP contribution in [0.3, 0.4) is 0 Å². The van der Waals surface area contributed by atoms with Crippen molar-refractivity contribution in [1.29, 1.82) is 0 Å². The van der Waals surface area contributed by atoms with Crippen LogP contribution in [0.25, 0.3) is 0 Å². The molecule has 0 unspecified atom stereocenters. The van der Waals surface area contributed by atoms with Gasteiger partial charge < -0.3 is 15.8 Å². The summed E-state index contributed by atoms with van der Waals surface area (Å²) in [5.74, 6) is 1.05. The van der Waals surface area contributed by atoms with Gasteiger partial charge in [-0.05, 0) is 36.4 Å². The molecule has 0 atom stereocenters. The number of nitrogens with two attached hydrogens (primary N) is 1. The van der Waals surface area contributed by atoms with Crippen LogP contribution in [0.1, 0.15) is 0 Å². The Hall–Kier alpha value is -1.67. The maximum Gasteiger partial charge on any atom is 0.242 e. The van der Waals surface area contributed by atoms with Gasteiger partial charge in [-0.25, -0.2) is 13.1 Å². The highest BCUT2D eigenvalue weighted by atomic mass is 35.5. The van der Waals surface area contributed by atoms with Crippen LogP contribution in [0.5, 0.6) is 11.5 Å². The van der Waals surface area contributed by atoms with Crippen molar-refractivity contribution in [3.05, 3.63) is 42.5 Å². The van der Waals surface area contributed by atoms with E-state index in [1.54, 1.807) is 36.4 Å². The normalized spacial score (nSPS) is 15.0. The van der Waals surface area contributed by atoms with E-state index in [4.69, 9.17) is 10.5 Å². The molecule has 6 nitrogen and oxygen atoms in total. The van der Waals surface area contributed by atoms with E-state index in [0.29, 0.717) is 36.0 Å². The lowest BCUT2D eigenvalue weighted by Gasteiger charge is -2.11. The molecule has 0 saturated carbocycles. The molecule has 0 aliphatic carbocycles. The van der Waals surface area contributed by atoms with Crippen molar-refractivity contribution in [3.63, 3.8) is 0 Å². The number of nitrogen functional groups attached to an aromatic ring is 1. The van der Waals surface area contributed by atoms with Gasteiger partial charge in [0.25, 0.3) is 0 Å². The summed E-state index contributed by atoms with van der Waals surface area (Å²) in [7, 11) is -3.51. The molecule has 1 aliphatic rings. The van der Waals surface area contributed by atoms with Gasteiger partial charge in [0.1, 0.15) is 16.4 Å². The fourth-order valence-corrected chi connectivity index (χ4v) is 3.29. The van der Waals surface area contributed by atoms with E-state index in [1.807, 2.05) is 0 Å². The SMILES string of the molecule is Cl.Cl.Nc1ccc(Oc2ccc3c(c2)S(=O)(=O)NCCN3)cc1. The van der Waals surface area contributed by atoms with E-state index >= 15 is 0 Å². The second kappa shape index (κ2) is 7.74. The van der Waals surface area contributed by atoms with Crippen LogP contribution in [0.15, 0.2) is 47.4 Å². The first-order chi connectivity index (χ1) is 10.0. The van der Waals surface area contributed by atoms with Gasteiger partial charge in [0.05, 0.1) is 5.69 Å². The zero-order valence-electron chi connectivity index (χ0n) is 12.0. The largest absolute Gasteiger partial charge is 0.457 e. The van der Waals surface area contributed by atoms with Gasteiger partial charge in [-0.1, -0.05) is 0 Å². The highest BCUT2D eigenvalue weighted by Crippen LogP contribution is 2.30. The van der Waals surface area contributed by atoms with Crippen LogP contribution in [-0.4, -0.2) is 21.5 Å². The van der Waals surface area contributed by atoms with E-state index in [-0.39, 0.29) is 29.7 Å². The van der Waals surface area contributed by atoms with Crippen LogP contribution in [-0.2, 0) is 10.0 Å². The summed E-state index contributed by atoms with van der Waals surface area (Å²) >= 11 is 0. The fraction of sp³-hybridized carbons (Fsp3) is 0.143. The second-order valence-electron chi connectivity index (χ2n) is 4.65. The summed E-state index contributed by atoms with van der Waals surface area (Å²) in [6.45, 7) is 0.898. The monoisotopic (exact) mass is 377 g/mol. The van der Waals surface area contributed by atoms with E-state index in [2.05, 4.69) is 10.0 Å². The first-order valence-corrected chi connectivity index (χ1v) is 7.94. The molecular formula is C14H17Cl2N3O3S. The Labute approximate surface area is 147 Å². The number of halogens is 2. The first kappa shape index (κ1) is 19.4. The van der Waals surface area contributed by atoms with Gasteiger partial charge in [-0.3, -0.25) is 0 Å². The Morgan fingerprint density at radius 1 is 0.957 bits per heavy atom. The third kappa shape index (κ3) is 4.42. The smallest absolute Gasteiger partial charge is 0.242 e. The maximum atomic E-state index is 12.1. The highest BCUT2D eigenvalue weighted by Gasteiger charge is 2.21. The first-order valence-electron chi connectivity index (χ1n) is 6.46. The number of ether oxygens (including phenoxy) is 1. The Bertz CT molecular complexity index is 767. The molecule has 3 rings (SSSR count). The molecular weight excluding hydrogens is 361 g/mol. The number of rotatable bonds is 2. The van der Waals surface area contributed by atoms with Crippen molar-refractivity contribution in [2.24, 2.45) is 0 Å². The molecule has 0 amide bonds. The minimum absolute atomic E-state index is 0. The summed E-state index contributed by atoms with van der Waals surface area (Å²) < 4.78 is 32.4. The summed E-state index contributed by atoms with van der Waals surface area (Å²) in [5.41, 5.74) is 6.83. The summed E-state index contributed by atoms with van der Waals surface area (Å²) in [4.78, 5) is 0.188. The van der Waals surface area contributed by atoms with Gasteiger partial charge in [0.15, 0.2) is 0 Å². The molecule has 1 aliphatic heterocycles. The minimum atomic E-state index is -3.51. The fourth-order valence-electron chi connectivity index (χ4n) is 2.07. The average molecular weight is 378 g/mol. The number of anilines is 2. The van der Waals surface area contributed by atoms with Crippen molar-refractivity contribution < 1.29 is 13.2 Å². The van der Waals surface area contributed by atoms with Crippen molar-refractivity contribution >= 4 is 46.2 Å². The van der Waals surface area contributed by atoms with Crippen LogP contribution >= 0.6 is 24.8 Å². The molecule has 0 bridgehead atoms. The lowest BCUT2D eigenvalue weighted by atomic mass is 10.3. The Morgan fingerprint density at radius 3 is 2.30 bits per heavy atom. The van der Waals surface area contributed by atoms with Crippen LogP contribution in [0.4, 0.5) is 11.4 Å². The number of sulfonamides is 1. The van der Waals surface area contributed by atoms with Gasteiger partial charge in [0, 0.05) is 24.8 Å². The molecule has 9 heteroatoms. The van der Waals surface area contributed by atoms with Gasteiger partial charge in [-0.2, -0.15) is 0 Å². The van der Waals surface area contributed by atoms with Crippen LogP contribution in [0.2, 0.25) is 0 Å². The van der Waals surface area contributed by atoms with E-state index in [9.17, 15) is 8.42 Å². The van der Waals surface area contributed by atoms with E-state index in [1.165, 1.54) is 6.07 Å². The van der Waals surface area contributed by atoms with Crippen molar-refractivity contribution in [3.8, 4) is 11.5 Å². The molecule has 2 aromatic carbocycles. The number of fused-ring (bicyclic) bond motifs is 1. The molecule has 0 radical (unpaired) electrons. The van der Waals surface area contributed by atoms with Gasteiger partial charge >= 0.3 is 0 Å². The lowest BCUT2D eigenvalue weighted by Crippen LogP contribution is -2.25. The molecule has 126 valence electrons. The highest BCUT2D eigenvalue weighted by molar-refractivity contribution is 7.89. The molecule has 23 heavy (non-hydrogen) atoms. The zero-order valence-corrected chi connectivity index (χ0v) is 14.4. The molecule has 1 heterocycles. The number of hydrogen-bond donors (Lipinski definition) is 3. The standard InChI is InChI=1S/C14H15N3O3S.2ClH/c15-10-1-3-11(4-2-10)20-12-5-6-13-14(9-12)21(18,19)17-8-7-16-13;;/h1-6,9,16-17H,7-8,15H2;2*1H. The maximum absolute atomic E-state index is 12.1. The van der Waals surface area contributed by atoms with Crippen molar-refractivity contribution in [1.82, 2.24) is 4.72 Å². The number of nitrogens with one attached hydrogen (secondary N) is 2. The average Bonchev–Trinajstić information content (AvgIpc) is 2.61. The minimum Gasteiger partial charge on any atom is -0.457 e. The number of hydrogen-bond acceptors (Lipinski definition) is 5. The van der Waals surface area contributed by atoms with E-state index < -0.39 is 10.0 Å². The predicted octanol–water partition coefficient (Wildman–Crippen LogP) is 2.61. The molecule has 4 N–H and O–H groups in total. The third-order valence-electron chi connectivity index (χ3n) is 3.09. The van der Waals surface area contributed by atoms with Crippen LogP contribution in [0, 0.1) is 0 Å². The Kier molecular flexibility index (Phi) is 6.52. The van der Waals surface area contributed by atoms with Gasteiger partial charge in [0.2, 0.25) is 10.0 Å². The summed E-state index contributed by atoms with van der Waals surface area (Å²) in [5, 5.41) is 3.07. The summed E-state index contributed by atoms with van der Waals surface area (Å²) in [6, 6.07) is 11.8. The third-order valence-corrected chi connectivity index (χ3v) is 4.59. The molecule has 0 aromatic heterocycles. The quantitative estimate of drug-likeness (QED) is 0.699. The van der Waals surface area contributed by atoms with E-state index in [0.717, 1.165) is 0 Å². The number of benzene rings is 2. The second-order valence-corrected chi connectivity index (χ2v) is 6.39. The van der Waals surface area contributed by atoms with Gasteiger partial charge in [-0.15, -0.1) is 24.8 Å². The van der Waals surface area contributed by atoms with Crippen molar-refractivity contribution in [2.75, 3.05) is 24.1 Å².